The van der Waals surface area contributed by atoms with Gasteiger partial charge in [-0.3, -0.25) is 0 Å². The van der Waals surface area contributed by atoms with Crippen LogP contribution in [0.3, 0.4) is 0 Å². The van der Waals surface area contributed by atoms with Gasteiger partial charge < -0.3 is 0 Å². The average Bonchev–Trinajstić information content (AvgIpc) is 2.59. The van der Waals surface area contributed by atoms with Crippen molar-refractivity contribution >= 4 is 47.7 Å². The Morgan fingerprint density at radius 1 is 1.23 bits per heavy atom. The Hall–Kier alpha value is 1.47. The predicted molar refractivity (Wildman–Crippen MR) is 88.2 cm³/mol. The first-order chi connectivity index (χ1) is 6.47. The maximum absolute atomic E-state index is 3.44. The van der Waals surface area contributed by atoms with E-state index in [2.05, 4.69) is 17.2 Å². The average molecular weight is 519 g/mol. The van der Waals surface area contributed by atoms with Gasteiger partial charge in [0, 0.05) is 0 Å². The number of aromatic nitrogens is 1. The first-order valence-electron chi connectivity index (χ1n) is 4.59. The van der Waals surface area contributed by atoms with Crippen molar-refractivity contribution in [2.75, 3.05) is 4.43 Å². The number of fused-ring (bicyclic) bond motifs is 1. The van der Waals surface area contributed by atoms with Crippen LogP contribution in [-0.2, 0) is 6.42 Å². The Labute approximate surface area is 103 Å². The van der Waals surface area contributed by atoms with Crippen LogP contribution in [0, 0.1) is 3.57 Å². The standard InChI is InChI=1S/C9H16I3N/c1-2-4-9-8(5-7-13-9)11-12-10-6-3-1/h5,7,10-13H,1-4,6H2. The molecule has 0 aliphatic carbocycles. The molecule has 78 valence electrons. The SMILES string of the molecule is c1cc2c([nH]1)CCCCC[IH][IH][IH]2. The molecule has 2 rings (SSSR count). The van der Waals surface area contributed by atoms with Crippen molar-refractivity contribution in [3.8, 4) is 0 Å². The van der Waals surface area contributed by atoms with E-state index in [1.54, 1.807) is 20.1 Å². The van der Waals surface area contributed by atoms with E-state index in [9.17, 15) is 0 Å². The van der Waals surface area contributed by atoms with Gasteiger partial charge in [-0.2, -0.15) is 0 Å². The molecule has 1 aromatic heterocycles. The molecule has 1 aliphatic rings. The predicted octanol–water partition coefficient (Wildman–Crippen LogP) is 3.85. The number of hydrogen-bond donors (Lipinski definition) is 1. The number of hydrogen-bond acceptors (Lipinski definition) is 0. The van der Waals surface area contributed by atoms with Crippen molar-refractivity contribution in [2.24, 2.45) is 0 Å². The molecule has 0 saturated heterocycles. The Kier molecular flexibility index (Phi) is 5.18. The normalized spacial score (nSPS) is 21.2. The van der Waals surface area contributed by atoms with Crippen LogP contribution in [0.2, 0.25) is 0 Å². The Morgan fingerprint density at radius 3 is 3.23 bits per heavy atom. The molecule has 0 unspecified atom stereocenters. The van der Waals surface area contributed by atoms with E-state index in [0.717, 1.165) is 0 Å². The van der Waals surface area contributed by atoms with E-state index >= 15 is 0 Å². The van der Waals surface area contributed by atoms with E-state index in [1.807, 2.05) is 0 Å². The minimum atomic E-state index is 0.339. The number of H-pyrrole nitrogens is 1. The van der Waals surface area contributed by atoms with E-state index in [0.29, 0.717) is 47.7 Å². The number of nitrogens with one attached hydrogen (secondary N) is 1. The molecule has 13 heavy (non-hydrogen) atoms. The molecule has 0 radical (unpaired) electrons. The van der Waals surface area contributed by atoms with E-state index in [1.165, 1.54) is 19.3 Å². The summed E-state index contributed by atoms with van der Waals surface area (Å²) in [4.78, 5) is 3.44. The fourth-order valence-corrected chi connectivity index (χ4v) is 37.2. The fourth-order valence-electron chi connectivity index (χ4n) is 1.40. The van der Waals surface area contributed by atoms with Crippen LogP contribution in [0.4, 0.5) is 0 Å². The summed E-state index contributed by atoms with van der Waals surface area (Å²) in [5, 5.41) is 0. The van der Waals surface area contributed by atoms with Crippen molar-refractivity contribution in [1.29, 1.82) is 0 Å². The van der Waals surface area contributed by atoms with Crippen molar-refractivity contribution < 1.29 is 0 Å². The molecule has 1 nitrogen and oxygen atoms in total. The third-order valence-electron chi connectivity index (χ3n) is 2.12. The molecule has 4 heteroatoms. The van der Waals surface area contributed by atoms with Crippen molar-refractivity contribution in [3.63, 3.8) is 0 Å². The van der Waals surface area contributed by atoms with Gasteiger partial charge in [-0.15, -0.1) is 0 Å². The summed E-state index contributed by atoms with van der Waals surface area (Å²) >= 11 is 1.43. The van der Waals surface area contributed by atoms with E-state index in [-0.39, 0.29) is 0 Å². The Morgan fingerprint density at radius 2 is 2.23 bits per heavy atom. The van der Waals surface area contributed by atoms with E-state index < -0.39 is 0 Å². The van der Waals surface area contributed by atoms with Crippen LogP contribution >= 0.6 is 47.7 Å². The topological polar surface area (TPSA) is 15.8 Å². The zero-order valence-electron chi connectivity index (χ0n) is 7.41. The van der Waals surface area contributed by atoms with Crippen LogP contribution < -0.4 is 0 Å². The number of rotatable bonds is 0. The molecular formula is C9H16I3N. The van der Waals surface area contributed by atoms with Crippen molar-refractivity contribution in [3.05, 3.63) is 21.5 Å². The van der Waals surface area contributed by atoms with Gasteiger partial charge in [0.25, 0.3) is 0 Å². The summed E-state index contributed by atoms with van der Waals surface area (Å²) in [5.74, 6) is 0. The second-order valence-electron chi connectivity index (χ2n) is 3.10. The quantitative estimate of drug-likeness (QED) is 0.397. The molecule has 0 aromatic carbocycles. The van der Waals surface area contributed by atoms with E-state index in [4.69, 9.17) is 0 Å². The van der Waals surface area contributed by atoms with Gasteiger partial charge in [0.2, 0.25) is 0 Å². The first kappa shape index (κ1) is 11.0. The summed E-state index contributed by atoms with van der Waals surface area (Å²) < 4.78 is 3.46. The van der Waals surface area contributed by atoms with Gasteiger partial charge >= 0.3 is 104 Å². The van der Waals surface area contributed by atoms with Crippen molar-refractivity contribution in [1.82, 2.24) is 4.98 Å². The van der Waals surface area contributed by atoms with Gasteiger partial charge in [0.15, 0.2) is 0 Å². The first-order valence-corrected chi connectivity index (χ1v) is 22.1. The third kappa shape index (κ3) is 3.51. The molecule has 0 atom stereocenters. The van der Waals surface area contributed by atoms with Crippen molar-refractivity contribution in [2.45, 2.75) is 25.7 Å². The molecular weight excluding hydrogens is 503 g/mol. The molecule has 1 N–H and O–H groups in total. The summed E-state index contributed by atoms with van der Waals surface area (Å²) in [6, 6.07) is 2.37. The van der Waals surface area contributed by atoms with Gasteiger partial charge in [-0.05, 0) is 0 Å². The maximum atomic E-state index is 3.44. The molecule has 0 amide bonds. The second-order valence-corrected chi connectivity index (χ2v) is 34.8. The van der Waals surface area contributed by atoms with Gasteiger partial charge in [-0.25, -0.2) is 0 Å². The molecule has 1 aliphatic heterocycles. The minimum absolute atomic E-state index is 0.339. The number of aryl methyl sites for hydroxylation is 1. The van der Waals surface area contributed by atoms with Crippen LogP contribution in [0.5, 0.6) is 0 Å². The van der Waals surface area contributed by atoms with Crippen LogP contribution in [0.15, 0.2) is 12.3 Å². The number of halogens is 3. The Balaban J connectivity index is 2.03. The molecule has 0 spiro atoms. The zero-order valence-corrected chi connectivity index (χ0v) is 14.4. The summed E-state index contributed by atoms with van der Waals surface area (Å²) in [6.07, 6.45) is 7.96. The summed E-state index contributed by atoms with van der Waals surface area (Å²) in [7, 11) is 0. The summed E-state index contributed by atoms with van der Waals surface area (Å²) in [6.45, 7) is 0. The molecule has 0 fully saturated rings. The molecule has 0 bridgehead atoms. The zero-order chi connectivity index (χ0) is 8.93. The molecule has 1 aromatic rings. The Bertz CT molecular complexity index is 235. The van der Waals surface area contributed by atoms with Gasteiger partial charge in [0.1, 0.15) is 0 Å². The van der Waals surface area contributed by atoms with Crippen LogP contribution in [0.25, 0.3) is 0 Å². The third-order valence-corrected chi connectivity index (χ3v) is 36.4. The molecule has 0 saturated carbocycles. The summed E-state index contributed by atoms with van der Waals surface area (Å²) in [5.41, 5.74) is 1.61. The van der Waals surface area contributed by atoms with Gasteiger partial charge in [0.05, 0.1) is 0 Å². The van der Waals surface area contributed by atoms with Crippen LogP contribution in [-0.4, -0.2) is 9.41 Å². The van der Waals surface area contributed by atoms with Crippen LogP contribution in [0.1, 0.15) is 25.0 Å². The molecule has 2 heterocycles. The number of alkyl halides is 1. The van der Waals surface area contributed by atoms with Gasteiger partial charge in [-0.1, -0.05) is 0 Å². The second kappa shape index (κ2) is 6.14. The fraction of sp³-hybridized carbons (Fsp3) is 0.556. The monoisotopic (exact) mass is 519 g/mol. The number of aromatic amines is 1.